The van der Waals surface area contributed by atoms with Crippen LogP contribution in [0.2, 0.25) is 0 Å². The van der Waals surface area contributed by atoms with Crippen LogP contribution < -0.4 is 15.4 Å². The van der Waals surface area contributed by atoms with Gasteiger partial charge in [-0.25, -0.2) is 4.79 Å². The van der Waals surface area contributed by atoms with E-state index in [0.717, 1.165) is 17.7 Å². The van der Waals surface area contributed by atoms with Crippen LogP contribution in [0, 0.1) is 0 Å². The first-order valence-electron chi connectivity index (χ1n) is 7.94. The van der Waals surface area contributed by atoms with Gasteiger partial charge in [-0.15, -0.1) is 0 Å². The summed E-state index contributed by atoms with van der Waals surface area (Å²) in [5, 5.41) is 5.71. The molecule has 0 saturated carbocycles. The van der Waals surface area contributed by atoms with Crippen LogP contribution in [0.15, 0.2) is 54.6 Å². The molecule has 0 radical (unpaired) electrons. The van der Waals surface area contributed by atoms with Crippen LogP contribution in [-0.4, -0.2) is 18.7 Å². The van der Waals surface area contributed by atoms with Gasteiger partial charge < -0.3 is 15.4 Å². The first-order chi connectivity index (χ1) is 11.1. The molecule has 0 aliphatic rings. The van der Waals surface area contributed by atoms with Gasteiger partial charge in [-0.3, -0.25) is 0 Å². The molecule has 2 aromatic carbocycles. The number of carbonyl (C=O) groups excluding carboxylic acids is 1. The maximum absolute atomic E-state index is 11.7. The SMILES string of the molecule is CC(C)Oc1ccc(CCNC(=O)NCc2ccccc2)cc1. The van der Waals surface area contributed by atoms with Crippen molar-refractivity contribution in [1.82, 2.24) is 10.6 Å². The second kappa shape index (κ2) is 8.83. The number of carbonyl (C=O) groups is 1. The van der Waals surface area contributed by atoms with E-state index >= 15 is 0 Å². The van der Waals surface area contributed by atoms with E-state index < -0.39 is 0 Å². The topological polar surface area (TPSA) is 50.4 Å². The highest BCUT2D eigenvalue weighted by atomic mass is 16.5. The Balaban J connectivity index is 1.67. The Labute approximate surface area is 137 Å². The fraction of sp³-hybridized carbons (Fsp3) is 0.316. The summed E-state index contributed by atoms with van der Waals surface area (Å²) in [4.78, 5) is 11.7. The minimum atomic E-state index is -0.145. The molecular weight excluding hydrogens is 288 g/mol. The monoisotopic (exact) mass is 312 g/mol. The summed E-state index contributed by atoms with van der Waals surface area (Å²) in [6.45, 7) is 5.15. The maximum Gasteiger partial charge on any atom is 0.315 e. The number of amides is 2. The van der Waals surface area contributed by atoms with E-state index in [9.17, 15) is 4.79 Å². The average molecular weight is 312 g/mol. The highest BCUT2D eigenvalue weighted by Crippen LogP contribution is 2.13. The number of hydrogen-bond acceptors (Lipinski definition) is 2. The molecule has 23 heavy (non-hydrogen) atoms. The Bertz CT molecular complexity index is 595. The fourth-order valence-corrected chi connectivity index (χ4v) is 2.17. The standard InChI is InChI=1S/C19H24N2O2/c1-15(2)23-18-10-8-16(9-11-18)12-13-20-19(22)21-14-17-6-4-3-5-7-17/h3-11,15H,12-14H2,1-2H3,(H2,20,21,22). The Kier molecular flexibility index (Phi) is 6.48. The number of urea groups is 1. The minimum absolute atomic E-state index is 0.145. The maximum atomic E-state index is 11.7. The molecule has 4 heteroatoms. The molecule has 0 aromatic heterocycles. The van der Waals surface area contributed by atoms with Gasteiger partial charge in [0.2, 0.25) is 0 Å². The summed E-state index contributed by atoms with van der Waals surface area (Å²) in [5.41, 5.74) is 2.26. The summed E-state index contributed by atoms with van der Waals surface area (Å²) < 4.78 is 5.61. The predicted molar refractivity (Wildman–Crippen MR) is 92.6 cm³/mol. The lowest BCUT2D eigenvalue weighted by molar-refractivity contribution is 0.240. The molecule has 0 spiro atoms. The Hall–Kier alpha value is -2.49. The van der Waals surface area contributed by atoms with Crippen molar-refractivity contribution in [2.75, 3.05) is 6.54 Å². The summed E-state index contributed by atoms with van der Waals surface area (Å²) >= 11 is 0. The molecule has 2 amide bonds. The molecule has 0 unspecified atom stereocenters. The van der Waals surface area contributed by atoms with E-state index in [-0.39, 0.29) is 12.1 Å². The van der Waals surface area contributed by atoms with E-state index in [1.54, 1.807) is 0 Å². The van der Waals surface area contributed by atoms with Crippen LogP contribution >= 0.6 is 0 Å². The van der Waals surface area contributed by atoms with Crippen molar-refractivity contribution in [1.29, 1.82) is 0 Å². The van der Waals surface area contributed by atoms with Gasteiger partial charge in [0.15, 0.2) is 0 Å². The predicted octanol–water partition coefficient (Wildman–Crippen LogP) is 3.52. The van der Waals surface area contributed by atoms with Crippen LogP contribution in [0.25, 0.3) is 0 Å². The van der Waals surface area contributed by atoms with Crippen LogP contribution in [0.3, 0.4) is 0 Å². The van der Waals surface area contributed by atoms with Crippen LogP contribution in [0.1, 0.15) is 25.0 Å². The van der Waals surface area contributed by atoms with Crippen molar-refractivity contribution >= 4 is 6.03 Å². The molecule has 0 fully saturated rings. The molecule has 0 aliphatic heterocycles. The molecular formula is C19H24N2O2. The van der Waals surface area contributed by atoms with Crippen molar-refractivity contribution < 1.29 is 9.53 Å². The summed E-state index contributed by atoms with van der Waals surface area (Å²) in [7, 11) is 0. The van der Waals surface area contributed by atoms with Crippen LogP contribution in [0.4, 0.5) is 4.79 Å². The van der Waals surface area contributed by atoms with Gasteiger partial charge in [-0.2, -0.15) is 0 Å². The third-order valence-electron chi connectivity index (χ3n) is 3.29. The summed E-state index contributed by atoms with van der Waals surface area (Å²) in [5.74, 6) is 0.873. The second-order valence-electron chi connectivity index (χ2n) is 5.66. The van der Waals surface area contributed by atoms with Crippen molar-refractivity contribution in [3.05, 3.63) is 65.7 Å². The summed E-state index contributed by atoms with van der Waals surface area (Å²) in [6, 6.07) is 17.7. The highest BCUT2D eigenvalue weighted by molar-refractivity contribution is 5.73. The molecule has 2 rings (SSSR count). The molecule has 4 nitrogen and oxygen atoms in total. The third kappa shape index (κ3) is 6.43. The number of rotatable bonds is 7. The van der Waals surface area contributed by atoms with E-state index in [2.05, 4.69) is 10.6 Å². The second-order valence-corrected chi connectivity index (χ2v) is 5.66. The van der Waals surface area contributed by atoms with Crippen molar-refractivity contribution in [2.45, 2.75) is 32.9 Å². The molecule has 0 atom stereocenters. The molecule has 122 valence electrons. The Morgan fingerprint density at radius 2 is 1.65 bits per heavy atom. The van der Waals surface area contributed by atoms with Gasteiger partial charge in [-0.05, 0) is 43.5 Å². The lowest BCUT2D eigenvalue weighted by atomic mass is 10.1. The number of nitrogens with one attached hydrogen (secondary N) is 2. The minimum Gasteiger partial charge on any atom is -0.491 e. The fourth-order valence-electron chi connectivity index (χ4n) is 2.17. The zero-order valence-corrected chi connectivity index (χ0v) is 13.7. The lowest BCUT2D eigenvalue weighted by Crippen LogP contribution is -2.36. The van der Waals surface area contributed by atoms with Gasteiger partial charge >= 0.3 is 6.03 Å². The number of ether oxygens (including phenoxy) is 1. The van der Waals surface area contributed by atoms with E-state index in [0.29, 0.717) is 13.1 Å². The van der Waals surface area contributed by atoms with Crippen molar-refractivity contribution in [2.24, 2.45) is 0 Å². The van der Waals surface area contributed by atoms with E-state index in [1.807, 2.05) is 68.4 Å². The van der Waals surface area contributed by atoms with Gasteiger partial charge in [0.05, 0.1) is 6.10 Å². The van der Waals surface area contributed by atoms with Gasteiger partial charge in [0, 0.05) is 13.1 Å². The first-order valence-corrected chi connectivity index (χ1v) is 7.94. The van der Waals surface area contributed by atoms with Gasteiger partial charge in [0.1, 0.15) is 5.75 Å². The van der Waals surface area contributed by atoms with Gasteiger partial charge in [-0.1, -0.05) is 42.5 Å². The van der Waals surface area contributed by atoms with Crippen molar-refractivity contribution in [3.8, 4) is 5.75 Å². The zero-order chi connectivity index (χ0) is 16.5. The normalized spacial score (nSPS) is 10.4. The Morgan fingerprint density at radius 1 is 0.957 bits per heavy atom. The lowest BCUT2D eigenvalue weighted by Gasteiger charge is -2.10. The first kappa shape index (κ1) is 16.9. The molecule has 0 aliphatic carbocycles. The smallest absolute Gasteiger partial charge is 0.315 e. The quantitative estimate of drug-likeness (QED) is 0.822. The van der Waals surface area contributed by atoms with Gasteiger partial charge in [0.25, 0.3) is 0 Å². The van der Waals surface area contributed by atoms with E-state index in [1.165, 1.54) is 5.56 Å². The average Bonchev–Trinajstić information content (AvgIpc) is 2.55. The molecule has 2 N–H and O–H groups in total. The molecule has 0 bridgehead atoms. The molecule has 0 heterocycles. The van der Waals surface area contributed by atoms with E-state index in [4.69, 9.17) is 4.74 Å². The summed E-state index contributed by atoms with van der Waals surface area (Å²) in [6.07, 6.45) is 0.969. The largest absolute Gasteiger partial charge is 0.491 e. The number of hydrogen-bond donors (Lipinski definition) is 2. The van der Waals surface area contributed by atoms with Crippen LogP contribution in [0.5, 0.6) is 5.75 Å². The highest BCUT2D eigenvalue weighted by Gasteiger charge is 2.01. The third-order valence-corrected chi connectivity index (χ3v) is 3.29. The zero-order valence-electron chi connectivity index (χ0n) is 13.7. The molecule has 0 saturated heterocycles. The van der Waals surface area contributed by atoms with Crippen LogP contribution in [-0.2, 0) is 13.0 Å². The Morgan fingerprint density at radius 3 is 2.30 bits per heavy atom. The molecule has 2 aromatic rings. The van der Waals surface area contributed by atoms with Crippen molar-refractivity contribution in [3.63, 3.8) is 0 Å². The number of benzene rings is 2.